The minimum absolute atomic E-state index is 0.0745. The summed E-state index contributed by atoms with van der Waals surface area (Å²) in [7, 11) is 1.58. The molecule has 0 spiro atoms. The number of methoxy groups -OCH3 is 1. The monoisotopic (exact) mass is 403 g/mol. The molecular formula is C18H17N3O4S2. The van der Waals surface area contributed by atoms with Gasteiger partial charge in [0.1, 0.15) is 21.9 Å². The third-order valence-electron chi connectivity index (χ3n) is 3.54. The van der Waals surface area contributed by atoms with Crippen molar-refractivity contribution in [2.24, 2.45) is 0 Å². The van der Waals surface area contributed by atoms with Crippen LogP contribution in [-0.4, -0.2) is 41.3 Å². The highest BCUT2D eigenvalue weighted by atomic mass is 32.2. The third kappa shape index (κ3) is 5.41. The van der Waals surface area contributed by atoms with Gasteiger partial charge in [-0.25, -0.2) is 9.97 Å². The van der Waals surface area contributed by atoms with E-state index in [1.54, 1.807) is 7.11 Å². The summed E-state index contributed by atoms with van der Waals surface area (Å²) in [4.78, 5) is 32.9. The number of nitrogens with zero attached hydrogens (tertiary/aromatic N) is 2. The highest BCUT2D eigenvalue weighted by Crippen LogP contribution is 2.27. The Morgan fingerprint density at radius 2 is 2.15 bits per heavy atom. The molecule has 140 valence electrons. The normalized spacial score (nSPS) is 10.6. The lowest BCUT2D eigenvalue weighted by molar-refractivity contribution is -0.145. The van der Waals surface area contributed by atoms with Crippen molar-refractivity contribution in [2.75, 3.05) is 19.5 Å². The minimum atomic E-state index is -0.474. The lowest BCUT2D eigenvalue weighted by Gasteiger charge is -2.08. The molecule has 2 heterocycles. The first kappa shape index (κ1) is 19.1. The van der Waals surface area contributed by atoms with Crippen LogP contribution in [0.4, 0.5) is 0 Å². The van der Waals surface area contributed by atoms with E-state index in [1.807, 2.05) is 35.7 Å². The molecule has 0 fully saturated rings. The number of rotatable bonds is 8. The molecule has 1 amide bonds. The molecule has 1 N–H and O–H groups in total. The number of thiophene rings is 1. The Kier molecular flexibility index (Phi) is 6.61. The summed E-state index contributed by atoms with van der Waals surface area (Å²) >= 11 is 2.78. The molecule has 27 heavy (non-hydrogen) atoms. The number of amides is 1. The lowest BCUT2D eigenvalue weighted by Crippen LogP contribution is -2.28. The fraction of sp³-hybridized carbons (Fsp3) is 0.222. The summed E-state index contributed by atoms with van der Waals surface area (Å²) in [6, 6.07) is 9.29. The van der Waals surface area contributed by atoms with Crippen molar-refractivity contribution in [1.29, 1.82) is 0 Å². The molecule has 0 radical (unpaired) electrons. The summed E-state index contributed by atoms with van der Waals surface area (Å²) in [6.45, 7) is 0.0143. The summed E-state index contributed by atoms with van der Waals surface area (Å²) < 4.78 is 10.1. The third-order valence-corrected chi connectivity index (χ3v) is 5.34. The van der Waals surface area contributed by atoms with Crippen LogP contribution >= 0.6 is 23.1 Å². The van der Waals surface area contributed by atoms with Gasteiger partial charge in [0.2, 0.25) is 0 Å². The summed E-state index contributed by atoms with van der Waals surface area (Å²) in [6.07, 6.45) is 1.47. The number of hydrogen-bond acceptors (Lipinski definition) is 8. The maximum atomic E-state index is 11.9. The quantitative estimate of drug-likeness (QED) is 0.351. The van der Waals surface area contributed by atoms with Crippen molar-refractivity contribution in [1.82, 2.24) is 15.3 Å². The summed E-state index contributed by atoms with van der Waals surface area (Å²) in [5.41, 5.74) is 0.896. The van der Waals surface area contributed by atoms with Crippen LogP contribution in [0.1, 0.15) is 5.56 Å². The SMILES string of the molecule is COc1cccc(CNC(=O)COC(=O)CSc2ncnc3sccc23)c1. The Labute approximate surface area is 164 Å². The second-order valence-corrected chi connectivity index (χ2v) is 7.25. The van der Waals surface area contributed by atoms with Crippen LogP contribution in [0.2, 0.25) is 0 Å². The van der Waals surface area contributed by atoms with Crippen molar-refractivity contribution < 1.29 is 19.1 Å². The first-order valence-electron chi connectivity index (χ1n) is 8.02. The van der Waals surface area contributed by atoms with E-state index in [9.17, 15) is 9.59 Å². The number of carbonyl (C=O) groups is 2. The van der Waals surface area contributed by atoms with Gasteiger partial charge in [-0.1, -0.05) is 23.9 Å². The molecule has 0 aliphatic heterocycles. The van der Waals surface area contributed by atoms with Gasteiger partial charge in [-0.3, -0.25) is 9.59 Å². The Bertz CT molecular complexity index is 945. The average molecular weight is 403 g/mol. The maximum absolute atomic E-state index is 11.9. The van der Waals surface area contributed by atoms with Gasteiger partial charge in [-0.15, -0.1) is 11.3 Å². The molecule has 0 aliphatic carbocycles. The van der Waals surface area contributed by atoms with Gasteiger partial charge in [0.25, 0.3) is 5.91 Å². The number of esters is 1. The molecule has 0 aliphatic rings. The number of fused-ring (bicyclic) bond motifs is 1. The molecule has 1 aromatic carbocycles. The highest BCUT2D eigenvalue weighted by molar-refractivity contribution is 8.00. The molecule has 9 heteroatoms. The molecule has 0 bridgehead atoms. The molecule has 0 saturated carbocycles. The van der Waals surface area contributed by atoms with Crippen LogP contribution in [0.5, 0.6) is 5.75 Å². The van der Waals surface area contributed by atoms with Crippen LogP contribution in [-0.2, 0) is 20.9 Å². The van der Waals surface area contributed by atoms with E-state index in [0.29, 0.717) is 6.54 Å². The summed E-state index contributed by atoms with van der Waals surface area (Å²) in [5, 5.41) is 6.26. The number of ether oxygens (including phenoxy) is 2. The Balaban J connectivity index is 1.40. The van der Waals surface area contributed by atoms with Gasteiger partial charge >= 0.3 is 5.97 Å². The highest BCUT2D eigenvalue weighted by Gasteiger charge is 2.11. The zero-order valence-corrected chi connectivity index (χ0v) is 16.1. The van der Waals surface area contributed by atoms with Crippen molar-refractivity contribution >= 4 is 45.2 Å². The Morgan fingerprint density at radius 3 is 3.00 bits per heavy atom. The van der Waals surface area contributed by atoms with E-state index in [4.69, 9.17) is 9.47 Å². The average Bonchev–Trinajstić information content (AvgIpc) is 3.18. The molecule has 0 unspecified atom stereocenters. The smallest absolute Gasteiger partial charge is 0.316 e. The van der Waals surface area contributed by atoms with E-state index < -0.39 is 5.97 Å². The van der Waals surface area contributed by atoms with E-state index in [1.165, 1.54) is 29.4 Å². The van der Waals surface area contributed by atoms with Gasteiger partial charge in [0.15, 0.2) is 6.61 Å². The van der Waals surface area contributed by atoms with Crippen LogP contribution in [0.3, 0.4) is 0 Å². The molecule has 3 rings (SSSR count). The fourth-order valence-electron chi connectivity index (χ4n) is 2.23. The second-order valence-electron chi connectivity index (χ2n) is 5.40. The lowest BCUT2D eigenvalue weighted by atomic mass is 10.2. The molecule has 2 aromatic heterocycles. The minimum Gasteiger partial charge on any atom is -0.497 e. The van der Waals surface area contributed by atoms with E-state index in [0.717, 1.165) is 26.6 Å². The van der Waals surface area contributed by atoms with Crippen LogP contribution in [0, 0.1) is 0 Å². The number of hydrogen-bond donors (Lipinski definition) is 1. The number of nitrogens with one attached hydrogen (secondary N) is 1. The van der Waals surface area contributed by atoms with E-state index >= 15 is 0 Å². The standard InChI is InChI=1S/C18H17N3O4S2/c1-24-13-4-2-3-12(7-13)8-19-15(22)9-25-16(23)10-27-18-14-5-6-26-17(14)20-11-21-18/h2-7,11H,8-10H2,1H3,(H,19,22). The van der Waals surface area contributed by atoms with E-state index in [2.05, 4.69) is 15.3 Å². The van der Waals surface area contributed by atoms with Gasteiger partial charge < -0.3 is 14.8 Å². The van der Waals surface area contributed by atoms with Gasteiger partial charge in [-0.05, 0) is 29.1 Å². The zero-order valence-electron chi connectivity index (χ0n) is 14.5. The van der Waals surface area contributed by atoms with Crippen molar-refractivity contribution in [3.63, 3.8) is 0 Å². The first-order valence-corrected chi connectivity index (χ1v) is 9.88. The zero-order chi connectivity index (χ0) is 19.1. The molecule has 7 nitrogen and oxygen atoms in total. The first-order chi connectivity index (χ1) is 13.2. The van der Waals surface area contributed by atoms with Crippen molar-refractivity contribution in [3.05, 3.63) is 47.6 Å². The number of thioether (sulfide) groups is 1. The fourth-order valence-corrected chi connectivity index (χ4v) is 3.81. The van der Waals surface area contributed by atoms with Crippen LogP contribution < -0.4 is 10.1 Å². The van der Waals surface area contributed by atoms with Crippen LogP contribution in [0.15, 0.2) is 47.1 Å². The Hall–Kier alpha value is -2.65. The second kappa shape index (κ2) is 9.33. The van der Waals surface area contributed by atoms with Gasteiger partial charge in [0, 0.05) is 11.9 Å². The van der Waals surface area contributed by atoms with Crippen LogP contribution in [0.25, 0.3) is 10.2 Å². The van der Waals surface area contributed by atoms with Crippen molar-refractivity contribution in [3.8, 4) is 5.75 Å². The number of aromatic nitrogens is 2. The summed E-state index contributed by atoms with van der Waals surface area (Å²) in [5.74, 6) is -0.0444. The molecule has 0 saturated heterocycles. The van der Waals surface area contributed by atoms with Gasteiger partial charge in [0.05, 0.1) is 12.9 Å². The largest absolute Gasteiger partial charge is 0.497 e. The number of benzene rings is 1. The van der Waals surface area contributed by atoms with Gasteiger partial charge in [-0.2, -0.15) is 0 Å². The van der Waals surface area contributed by atoms with E-state index in [-0.39, 0.29) is 18.3 Å². The molecule has 3 aromatic rings. The molecular weight excluding hydrogens is 386 g/mol. The molecule has 0 atom stereocenters. The predicted molar refractivity (Wildman–Crippen MR) is 104 cm³/mol. The topological polar surface area (TPSA) is 90.4 Å². The number of carbonyl (C=O) groups excluding carboxylic acids is 2. The van der Waals surface area contributed by atoms with Crippen molar-refractivity contribution in [2.45, 2.75) is 11.6 Å². The predicted octanol–water partition coefficient (Wildman–Crippen LogP) is 2.65. The maximum Gasteiger partial charge on any atom is 0.316 e. The Morgan fingerprint density at radius 1 is 1.26 bits per heavy atom.